The van der Waals surface area contributed by atoms with E-state index in [2.05, 4.69) is 17.2 Å². The number of unbranched alkanes of at least 4 members (excludes halogenated alkanes) is 1. The highest BCUT2D eigenvalue weighted by molar-refractivity contribution is 5.75. The molecule has 3 N–H and O–H groups in total. The van der Waals surface area contributed by atoms with Gasteiger partial charge in [0.2, 0.25) is 5.91 Å². The highest BCUT2D eigenvalue weighted by atomic mass is 16.1. The van der Waals surface area contributed by atoms with Gasteiger partial charge in [0.15, 0.2) is 0 Å². The van der Waals surface area contributed by atoms with Crippen molar-refractivity contribution in [2.45, 2.75) is 26.3 Å². The van der Waals surface area contributed by atoms with Gasteiger partial charge < -0.3 is 11.1 Å². The van der Waals surface area contributed by atoms with Crippen LogP contribution in [0.1, 0.15) is 25.5 Å². The average Bonchev–Trinajstić information content (AvgIpc) is 2.35. The summed E-state index contributed by atoms with van der Waals surface area (Å²) in [6, 6.07) is 5.82. The van der Waals surface area contributed by atoms with Crippen molar-refractivity contribution in [3.63, 3.8) is 0 Å². The summed E-state index contributed by atoms with van der Waals surface area (Å²) in [4.78, 5) is 17.5. The number of pyridine rings is 1. The zero-order valence-electron chi connectivity index (χ0n) is 11.1. The van der Waals surface area contributed by atoms with E-state index in [4.69, 9.17) is 5.73 Å². The van der Waals surface area contributed by atoms with E-state index in [1.54, 1.807) is 0 Å². The summed E-state index contributed by atoms with van der Waals surface area (Å²) in [5.41, 5.74) is 6.21. The first-order valence-corrected chi connectivity index (χ1v) is 6.30. The van der Waals surface area contributed by atoms with Crippen molar-refractivity contribution in [2.75, 3.05) is 25.5 Å². The molecule has 1 heterocycles. The molecule has 1 aromatic rings. The Morgan fingerprint density at radius 1 is 1.50 bits per heavy atom. The number of primary amides is 1. The molecule has 1 rings (SSSR count). The molecule has 0 aromatic carbocycles. The fraction of sp³-hybridized carbons (Fsp3) is 0.538. The molecule has 5 heteroatoms. The fourth-order valence-corrected chi connectivity index (χ4v) is 1.75. The standard InChI is InChI=1S/C13H22N4O/c1-3-4-8-17(10-12(14)18)9-11-6-5-7-13(15-2)16-11/h5-7H,3-4,8-10H2,1-2H3,(H2,14,18)(H,15,16). The van der Waals surface area contributed by atoms with E-state index in [-0.39, 0.29) is 12.5 Å². The number of nitrogens with two attached hydrogens (primary N) is 1. The van der Waals surface area contributed by atoms with Crippen LogP contribution >= 0.6 is 0 Å². The molecule has 0 fully saturated rings. The minimum Gasteiger partial charge on any atom is -0.373 e. The molecule has 0 unspecified atom stereocenters. The third-order valence-electron chi connectivity index (χ3n) is 2.66. The number of rotatable bonds is 8. The van der Waals surface area contributed by atoms with Crippen molar-refractivity contribution in [3.8, 4) is 0 Å². The predicted octanol–water partition coefficient (Wildman–Crippen LogP) is 1.21. The first kappa shape index (κ1) is 14.4. The molecule has 18 heavy (non-hydrogen) atoms. The van der Waals surface area contributed by atoms with Crippen molar-refractivity contribution >= 4 is 11.7 Å². The lowest BCUT2D eigenvalue weighted by Gasteiger charge is -2.20. The van der Waals surface area contributed by atoms with Gasteiger partial charge >= 0.3 is 0 Å². The number of anilines is 1. The second kappa shape index (κ2) is 7.66. The Morgan fingerprint density at radius 3 is 2.89 bits per heavy atom. The van der Waals surface area contributed by atoms with Crippen molar-refractivity contribution in [1.82, 2.24) is 9.88 Å². The van der Waals surface area contributed by atoms with Crippen LogP contribution in [0, 0.1) is 0 Å². The maximum Gasteiger partial charge on any atom is 0.231 e. The number of carbonyl (C=O) groups excluding carboxylic acids is 1. The SMILES string of the molecule is CCCCN(CC(N)=O)Cc1cccc(NC)n1. The van der Waals surface area contributed by atoms with Crippen molar-refractivity contribution in [2.24, 2.45) is 5.73 Å². The quantitative estimate of drug-likeness (QED) is 0.727. The van der Waals surface area contributed by atoms with Crippen LogP contribution in [0.25, 0.3) is 0 Å². The monoisotopic (exact) mass is 250 g/mol. The molecular weight excluding hydrogens is 228 g/mol. The zero-order chi connectivity index (χ0) is 13.4. The lowest BCUT2D eigenvalue weighted by molar-refractivity contribution is -0.119. The Labute approximate surface area is 108 Å². The normalized spacial score (nSPS) is 10.6. The van der Waals surface area contributed by atoms with Gasteiger partial charge in [-0.25, -0.2) is 4.98 Å². The number of amides is 1. The third kappa shape index (κ3) is 5.14. The molecule has 0 atom stereocenters. The molecule has 0 spiro atoms. The summed E-state index contributed by atoms with van der Waals surface area (Å²) in [6.45, 7) is 3.93. The van der Waals surface area contributed by atoms with Gasteiger partial charge in [-0.15, -0.1) is 0 Å². The van der Waals surface area contributed by atoms with Gasteiger partial charge in [-0.05, 0) is 25.1 Å². The summed E-state index contributed by atoms with van der Waals surface area (Å²) < 4.78 is 0. The van der Waals surface area contributed by atoms with Gasteiger partial charge in [-0.2, -0.15) is 0 Å². The molecule has 5 nitrogen and oxygen atoms in total. The molecular formula is C13H22N4O. The first-order chi connectivity index (χ1) is 8.65. The molecule has 100 valence electrons. The lowest BCUT2D eigenvalue weighted by atomic mass is 10.2. The molecule has 0 bridgehead atoms. The van der Waals surface area contributed by atoms with Crippen molar-refractivity contribution in [1.29, 1.82) is 0 Å². The van der Waals surface area contributed by atoms with Crippen LogP contribution in [0.3, 0.4) is 0 Å². The van der Waals surface area contributed by atoms with Gasteiger partial charge in [-0.1, -0.05) is 19.4 Å². The van der Waals surface area contributed by atoms with Crippen LogP contribution in [0.2, 0.25) is 0 Å². The molecule has 1 aromatic heterocycles. The Balaban J connectivity index is 2.65. The summed E-state index contributed by atoms with van der Waals surface area (Å²) in [6.07, 6.45) is 2.15. The van der Waals surface area contributed by atoms with Crippen LogP contribution in [0.5, 0.6) is 0 Å². The van der Waals surface area contributed by atoms with Gasteiger partial charge in [-0.3, -0.25) is 9.69 Å². The molecule has 0 aliphatic rings. The lowest BCUT2D eigenvalue weighted by Crippen LogP contribution is -2.34. The number of nitrogens with one attached hydrogen (secondary N) is 1. The number of nitrogens with zero attached hydrogens (tertiary/aromatic N) is 2. The minimum atomic E-state index is -0.295. The second-order valence-electron chi connectivity index (χ2n) is 4.29. The van der Waals surface area contributed by atoms with E-state index in [9.17, 15) is 4.79 Å². The van der Waals surface area contributed by atoms with E-state index in [1.807, 2.05) is 30.1 Å². The highest BCUT2D eigenvalue weighted by Crippen LogP contribution is 2.07. The summed E-state index contributed by atoms with van der Waals surface area (Å²) in [5.74, 6) is 0.540. The third-order valence-corrected chi connectivity index (χ3v) is 2.66. The number of carbonyl (C=O) groups is 1. The maximum atomic E-state index is 11.0. The number of hydrogen-bond donors (Lipinski definition) is 2. The Morgan fingerprint density at radius 2 is 2.28 bits per heavy atom. The van der Waals surface area contributed by atoms with Gasteiger partial charge in [0, 0.05) is 13.6 Å². The van der Waals surface area contributed by atoms with Crippen LogP contribution in [0.15, 0.2) is 18.2 Å². The van der Waals surface area contributed by atoms with Crippen LogP contribution in [-0.2, 0) is 11.3 Å². The minimum absolute atomic E-state index is 0.283. The van der Waals surface area contributed by atoms with Gasteiger partial charge in [0.05, 0.1) is 12.2 Å². The van der Waals surface area contributed by atoms with Crippen LogP contribution in [-0.4, -0.2) is 35.9 Å². The highest BCUT2D eigenvalue weighted by Gasteiger charge is 2.09. The summed E-state index contributed by atoms with van der Waals surface area (Å²) >= 11 is 0. The van der Waals surface area contributed by atoms with Gasteiger partial charge in [0.25, 0.3) is 0 Å². The molecule has 0 aliphatic carbocycles. The van der Waals surface area contributed by atoms with E-state index >= 15 is 0 Å². The molecule has 0 saturated heterocycles. The van der Waals surface area contributed by atoms with E-state index in [0.717, 1.165) is 30.9 Å². The van der Waals surface area contributed by atoms with E-state index < -0.39 is 0 Å². The first-order valence-electron chi connectivity index (χ1n) is 6.30. The molecule has 0 aliphatic heterocycles. The largest absolute Gasteiger partial charge is 0.373 e. The Hall–Kier alpha value is -1.62. The van der Waals surface area contributed by atoms with Crippen LogP contribution < -0.4 is 11.1 Å². The van der Waals surface area contributed by atoms with E-state index in [0.29, 0.717) is 6.54 Å². The molecule has 0 saturated carbocycles. The summed E-state index contributed by atoms with van der Waals surface area (Å²) in [7, 11) is 1.84. The second-order valence-corrected chi connectivity index (χ2v) is 4.29. The number of hydrogen-bond acceptors (Lipinski definition) is 4. The van der Waals surface area contributed by atoms with Crippen molar-refractivity contribution in [3.05, 3.63) is 23.9 Å². The van der Waals surface area contributed by atoms with Crippen LogP contribution in [0.4, 0.5) is 5.82 Å². The maximum absolute atomic E-state index is 11.0. The number of aromatic nitrogens is 1. The van der Waals surface area contributed by atoms with Crippen molar-refractivity contribution < 1.29 is 4.79 Å². The Bertz CT molecular complexity index is 381. The molecule has 1 amide bonds. The zero-order valence-corrected chi connectivity index (χ0v) is 11.1. The summed E-state index contributed by atoms with van der Waals surface area (Å²) in [5, 5.41) is 3.00. The fourth-order valence-electron chi connectivity index (χ4n) is 1.75. The topological polar surface area (TPSA) is 71.2 Å². The molecule has 0 radical (unpaired) electrons. The predicted molar refractivity (Wildman–Crippen MR) is 73.2 cm³/mol. The average molecular weight is 250 g/mol. The van der Waals surface area contributed by atoms with Gasteiger partial charge in [0.1, 0.15) is 5.82 Å². The van der Waals surface area contributed by atoms with E-state index in [1.165, 1.54) is 0 Å². The Kier molecular flexibility index (Phi) is 6.14. The smallest absolute Gasteiger partial charge is 0.231 e.